The zero-order valence-corrected chi connectivity index (χ0v) is 9.55. The van der Waals surface area contributed by atoms with Crippen LogP contribution in [-0.4, -0.2) is 41.8 Å². The molecule has 3 nitrogen and oxygen atoms in total. The molecule has 0 bridgehead atoms. The zero-order chi connectivity index (χ0) is 12.8. The van der Waals surface area contributed by atoms with Crippen LogP contribution in [0.1, 0.15) is 26.7 Å². The largest absolute Gasteiger partial charge is 0.481 e. The van der Waals surface area contributed by atoms with Crippen molar-refractivity contribution in [2.75, 3.05) is 19.6 Å². The van der Waals surface area contributed by atoms with Gasteiger partial charge in [-0.05, 0) is 25.9 Å². The van der Waals surface area contributed by atoms with Crippen LogP contribution in [0.4, 0.5) is 13.2 Å². The Hall–Kier alpha value is -0.780. The Morgan fingerprint density at radius 3 is 1.94 bits per heavy atom. The summed E-state index contributed by atoms with van der Waals surface area (Å²) in [5.74, 6) is -4.09. The minimum absolute atomic E-state index is 0.458. The summed E-state index contributed by atoms with van der Waals surface area (Å²) in [5.41, 5.74) is 0. The smallest absolute Gasteiger partial charge is 0.403 e. The van der Waals surface area contributed by atoms with Crippen molar-refractivity contribution in [2.45, 2.75) is 32.9 Å². The number of alkyl halides is 3. The first kappa shape index (κ1) is 15.2. The maximum atomic E-state index is 12.4. The molecule has 96 valence electrons. The molecule has 0 aromatic rings. The second-order valence-electron chi connectivity index (χ2n) is 3.73. The number of rotatable bonds is 7. The fourth-order valence-corrected chi connectivity index (χ4v) is 1.51. The predicted octanol–water partition coefficient (Wildman–Crippen LogP) is 2.37. The third-order valence-corrected chi connectivity index (χ3v) is 2.21. The standard InChI is InChI=1S/C10H18F3NO2/c1-3-5-14(6-4-2)7-8(9(15)16)10(11,12)13/h8H,3-7H2,1-2H3,(H,15,16). The third-order valence-electron chi connectivity index (χ3n) is 2.21. The fraction of sp³-hybridized carbons (Fsp3) is 0.900. The summed E-state index contributed by atoms with van der Waals surface area (Å²) in [4.78, 5) is 12.1. The van der Waals surface area contributed by atoms with Crippen LogP contribution >= 0.6 is 0 Å². The Kier molecular flexibility index (Phi) is 6.40. The molecule has 0 spiro atoms. The molecule has 0 saturated heterocycles. The average Bonchev–Trinajstić information content (AvgIpc) is 2.12. The molecule has 16 heavy (non-hydrogen) atoms. The van der Waals surface area contributed by atoms with Gasteiger partial charge in [0, 0.05) is 6.54 Å². The van der Waals surface area contributed by atoms with Gasteiger partial charge in [-0.3, -0.25) is 4.79 Å². The maximum Gasteiger partial charge on any atom is 0.403 e. The van der Waals surface area contributed by atoms with E-state index < -0.39 is 24.6 Å². The summed E-state index contributed by atoms with van der Waals surface area (Å²) in [7, 11) is 0. The van der Waals surface area contributed by atoms with Gasteiger partial charge in [0.2, 0.25) is 0 Å². The first-order valence-electron chi connectivity index (χ1n) is 5.34. The quantitative estimate of drug-likeness (QED) is 0.744. The van der Waals surface area contributed by atoms with E-state index in [4.69, 9.17) is 5.11 Å². The summed E-state index contributed by atoms with van der Waals surface area (Å²) in [6, 6.07) is 0. The van der Waals surface area contributed by atoms with Gasteiger partial charge in [-0.1, -0.05) is 13.8 Å². The second-order valence-corrected chi connectivity index (χ2v) is 3.73. The van der Waals surface area contributed by atoms with Crippen molar-refractivity contribution >= 4 is 5.97 Å². The van der Waals surface area contributed by atoms with Crippen molar-refractivity contribution < 1.29 is 23.1 Å². The van der Waals surface area contributed by atoms with Crippen molar-refractivity contribution in [1.82, 2.24) is 4.90 Å². The number of nitrogens with zero attached hydrogens (tertiary/aromatic N) is 1. The number of aliphatic carboxylic acids is 1. The highest BCUT2D eigenvalue weighted by molar-refractivity contribution is 5.71. The summed E-state index contributed by atoms with van der Waals surface area (Å²) in [6.07, 6.45) is -3.25. The highest BCUT2D eigenvalue weighted by atomic mass is 19.4. The van der Waals surface area contributed by atoms with E-state index in [1.54, 1.807) is 4.90 Å². The molecule has 0 rings (SSSR count). The zero-order valence-electron chi connectivity index (χ0n) is 9.55. The first-order chi connectivity index (χ1) is 7.32. The van der Waals surface area contributed by atoms with Gasteiger partial charge in [0.1, 0.15) is 0 Å². The van der Waals surface area contributed by atoms with Crippen LogP contribution in [0.3, 0.4) is 0 Å². The molecule has 0 aromatic heterocycles. The molecule has 0 aliphatic heterocycles. The van der Waals surface area contributed by atoms with E-state index in [0.717, 1.165) is 0 Å². The predicted molar refractivity (Wildman–Crippen MR) is 54.2 cm³/mol. The highest BCUT2D eigenvalue weighted by Crippen LogP contribution is 2.27. The lowest BCUT2D eigenvalue weighted by Gasteiger charge is -2.25. The van der Waals surface area contributed by atoms with E-state index in [1.807, 2.05) is 13.8 Å². The molecular weight excluding hydrogens is 223 g/mol. The second kappa shape index (κ2) is 6.73. The van der Waals surface area contributed by atoms with Gasteiger partial charge < -0.3 is 10.0 Å². The van der Waals surface area contributed by atoms with E-state index in [0.29, 0.717) is 25.9 Å². The Bertz CT molecular complexity index is 213. The van der Waals surface area contributed by atoms with Gasteiger partial charge in [-0.15, -0.1) is 0 Å². The van der Waals surface area contributed by atoms with E-state index in [2.05, 4.69) is 0 Å². The summed E-state index contributed by atoms with van der Waals surface area (Å²) in [5, 5.41) is 8.55. The van der Waals surface area contributed by atoms with Crippen molar-refractivity contribution in [3.8, 4) is 0 Å². The van der Waals surface area contributed by atoms with E-state index in [-0.39, 0.29) is 0 Å². The topological polar surface area (TPSA) is 40.5 Å². The van der Waals surface area contributed by atoms with Gasteiger partial charge in [-0.25, -0.2) is 0 Å². The van der Waals surface area contributed by atoms with Gasteiger partial charge in [0.15, 0.2) is 5.92 Å². The number of carbonyl (C=O) groups is 1. The molecule has 1 atom stereocenters. The van der Waals surface area contributed by atoms with Crippen molar-refractivity contribution in [1.29, 1.82) is 0 Å². The SMILES string of the molecule is CCCN(CCC)CC(C(=O)O)C(F)(F)F. The maximum absolute atomic E-state index is 12.4. The van der Waals surface area contributed by atoms with E-state index in [9.17, 15) is 18.0 Å². The molecule has 0 radical (unpaired) electrons. The number of hydrogen-bond donors (Lipinski definition) is 1. The van der Waals surface area contributed by atoms with E-state index >= 15 is 0 Å². The minimum atomic E-state index is -4.68. The summed E-state index contributed by atoms with van der Waals surface area (Å²) in [6.45, 7) is 4.24. The molecule has 1 N–H and O–H groups in total. The monoisotopic (exact) mass is 241 g/mol. The fourth-order valence-electron chi connectivity index (χ4n) is 1.51. The van der Waals surface area contributed by atoms with Gasteiger partial charge in [-0.2, -0.15) is 13.2 Å². The van der Waals surface area contributed by atoms with Crippen molar-refractivity contribution in [3.63, 3.8) is 0 Å². The lowest BCUT2D eigenvalue weighted by molar-refractivity contribution is -0.196. The molecular formula is C10H18F3NO2. The lowest BCUT2D eigenvalue weighted by Crippen LogP contribution is -2.41. The molecule has 0 saturated carbocycles. The molecule has 0 aliphatic rings. The number of carboxylic acids is 1. The molecule has 0 amide bonds. The highest BCUT2D eigenvalue weighted by Gasteiger charge is 2.45. The number of carboxylic acid groups (broad SMARTS) is 1. The summed E-state index contributed by atoms with van der Waals surface area (Å²) < 4.78 is 37.2. The average molecular weight is 241 g/mol. The van der Waals surface area contributed by atoms with Crippen LogP contribution in [0.5, 0.6) is 0 Å². The van der Waals surface area contributed by atoms with Crippen LogP contribution in [0.2, 0.25) is 0 Å². The molecule has 0 aliphatic carbocycles. The van der Waals surface area contributed by atoms with Crippen LogP contribution < -0.4 is 0 Å². The van der Waals surface area contributed by atoms with Crippen LogP contribution in [0.15, 0.2) is 0 Å². The van der Waals surface area contributed by atoms with Gasteiger partial charge in [0.25, 0.3) is 0 Å². The Morgan fingerprint density at radius 1 is 1.25 bits per heavy atom. The number of halogens is 3. The first-order valence-corrected chi connectivity index (χ1v) is 5.34. The van der Waals surface area contributed by atoms with Crippen molar-refractivity contribution in [3.05, 3.63) is 0 Å². The molecule has 0 fully saturated rings. The number of hydrogen-bond acceptors (Lipinski definition) is 2. The van der Waals surface area contributed by atoms with Gasteiger partial charge in [0.05, 0.1) is 0 Å². The van der Waals surface area contributed by atoms with Crippen LogP contribution in [0, 0.1) is 5.92 Å². The molecule has 1 unspecified atom stereocenters. The third kappa shape index (κ3) is 5.34. The molecule has 0 heterocycles. The molecule has 0 aromatic carbocycles. The summed E-state index contributed by atoms with van der Waals surface area (Å²) >= 11 is 0. The normalized spacial score (nSPS) is 14.1. The van der Waals surface area contributed by atoms with Crippen LogP contribution in [-0.2, 0) is 4.79 Å². The van der Waals surface area contributed by atoms with Gasteiger partial charge >= 0.3 is 12.1 Å². The van der Waals surface area contributed by atoms with E-state index in [1.165, 1.54) is 0 Å². The van der Waals surface area contributed by atoms with Crippen LogP contribution in [0.25, 0.3) is 0 Å². The lowest BCUT2D eigenvalue weighted by atomic mass is 10.1. The Morgan fingerprint density at radius 2 is 1.69 bits per heavy atom. The van der Waals surface area contributed by atoms with Crippen molar-refractivity contribution in [2.24, 2.45) is 5.92 Å². The minimum Gasteiger partial charge on any atom is -0.481 e. The Balaban J connectivity index is 4.51. The Labute approximate surface area is 93.2 Å². The molecule has 6 heteroatoms.